The van der Waals surface area contributed by atoms with Crippen molar-refractivity contribution in [3.05, 3.63) is 58.3 Å². The first-order valence-electron chi connectivity index (χ1n) is 8.88. The van der Waals surface area contributed by atoms with Gasteiger partial charge in [-0.1, -0.05) is 12.1 Å². The first kappa shape index (κ1) is 18.7. The third-order valence-corrected chi connectivity index (χ3v) is 4.47. The van der Waals surface area contributed by atoms with Crippen LogP contribution < -0.4 is 15.5 Å². The number of fused-ring (bicyclic) bond motifs is 1. The largest absolute Gasteiger partial charge is 0.491 e. The van der Waals surface area contributed by atoms with Crippen LogP contribution in [0.4, 0.5) is 0 Å². The highest BCUT2D eigenvalue weighted by Gasteiger charge is 2.14. The molecule has 7 nitrogen and oxygen atoms in total. The number of imidazole rings is 1. The Bertz CT molecular complexity index is 1030. The quantitative estimate of drug-likeness (QED) is 0.725. The molecule has 0 atom stereocenters. The van der Waals surface area contributed by atoms with E-state index in [4.69, 9.17) is 4.74 Å². The number of nitrogens with one attached hydrogen (secondary N) is 1. The molecule has 7 heteroatoms. The van der Waals surface area contributed by atoms with Gasteiger partial charge >= 0.3 is 0 Å². The molecular weight excluding hydrogens is 344 g/mol. The zero-order valence-electron chi connectivity index (χ0n) is 16.0. The molecule has 0 spiro atoms. The third kappa shape index (κ3) is 3.86. The van der Waals surface area contributed by atoms with Crippen molar-refractivity contribution in [2.75, 3.05) is 7.11 Å². The van der Waals surface area contributed by atoms with Crippen molar-refractivity contribution in [1.82, 2.24) is 19.4 Å². The highest BCUT2D eigenvalue weighted by atomic mass is 16.5. The molecule has 0 fully saturated rings. The summed E-state index contributed by atoms with van der Waals surface area (Å²) in [6, 6.07) is 9.63. The number of benzene rings is 1. The van der Waals surface area contributed by atoms with Crippen molar-refractivity contribution in [1.29, 1.82) is 0 Å². The van der Waals surface area contributed by atoms with Crippen LogP contribution in [0.1, 0.15) is 31.4 Å². The van der Waals surface area contributed by atoms with E-state index >= 15 is 0 Å². The van der Waals surface area contributed by atoms with Crippen molar-refractivity contribution in [2.24, 2.45) is 0 Å². The maximum atomic E-state index is 12.4. The molecule has 0 saturated heterocycles. The summed E-state index contributed by atoms with van der Waals surface area (Å²) < 4.78 is 8.87. The van der Waals surface area contributed by atoms with Gasteiger partial charge in [0.25, 0.3) is 0 Å². The van der Waals surface area contributed by atoms with Crippen LogP contribution in [0.3, 0.4) is 0 Å². The average Bonchev–Trinajstić information content (AvgIpc) is 3.01. The lowest BCUT2D eigenvalue weighted by Gasteiger charge is -2.15. The van der Waals surface area contributed by atoms with Crippen molar-refractivity contribution >= 4 is 16.9 Å². The van der Waals surface area contributed by atoms with E-state index in [9.17, 15) is 9.59 Å². The minimum atomic E-state index is -0.197. The van der Waals surface area contributed by atoms with Gasteiger partial charge in [0.2, 0.25) is 11.3 Å². The van der Waals surface area contributed by atoms with Gasteiger partial charge in [-0.2, -0.15) is 0 Å². The smallest absolute Gasteiger partial charge is 0.240 e. The molecule has 0 radical (unpaired) electrons. The first-order valence-corrected chi connectivity index (χ1v) is 8.88. The molecule has 142 valence electrons. The van der Waals surface area contributed by atoms with Gasteiger partial charge in [-0.25, -0.2) is 4.98 Å². The summed E-state index contributed by atoms with van der Waals surface area (Å²) in [5, 5.41) is 2.92. The van der Waals surface area contributed by atoms with Crippen LogP contribution in [0.15, 0.2) is 41.3 Å². The zero-order valence-corrected chi connectivity index (χ0v) is 16.0. The van der Waals surface area contributed by atoms with E-state index in [0.717, 1.165) is 16.9 Å². The molecule has 0 bridgehead atoms. The number of hydrogen-bond donors (Lipinski definition) is 1. The van der Waals surface area contributed by atoms with Gasteiger partial charge in [-0.05, 0) is 32.9 Å². The molecule has 27 heavy (non-hydrogen) atoms. The summed E-state index contributed by atoms with van der Waals surface area (Å²) in [4.78, 5) is 28.8. The van der Waals surface area contributed by atoms with Crippen LogP contribution in [-0.2, 0) is 17.9 Å². The molecule has 2 aromatic heterocycles. The molecule has 0 aliphatic rings. The summed E-state index contributed by atoms with van der Waals surface area (Å²) in [5.74, 6) is 0.870. The van der Waals surface area contributed by atoms with Gasteiger partial charge in [0.15, 0.2) is 5.75 Å². The normalized spacial score (nSPS) is 11.1. The summed E-state index contributed by atoms with van der Waals surface area (Å²) in [6.07, 6.45) is 1.56. The fourth-order valence-electron chi connectivity index (χ4n) is 3.16. The number of aromatic nitrogens is 3. The van der Waals surface area contributed by atoms with E-state index in [1.165, 1.54) is 13.2 Å². The second-order valence-corrected chi connectivity index (χ2v) is 6.73. The molecule has 0 aliphatic heterocycles. The monoisotopic (exact) mass is 368 g/mol. The number of nitrogens with zero attached hydrogens (tertiary/aromatic N) is 3. The number of para-hydroxylation sites is 2. The molecule has 0 aliphatic carbocycles. The molecule has 2 heterocycles. The lowest BCUT2D eigenvalue weighted by Crippen LogP contribution is -2.29. The van der Waals surface area contributed by atoms with Crippen LogP contribution in [0.5, 0.6) is 5.75 Å². The van der Waals surface area contributed by atoms with Crippen LogP contribution >= 0.6 is 0 Å². The lowest BCUT2D eigenvalue weighted by atomic mass is 10.3. The molecular formula is C20H24N4O3. The fraction of sp³-hybridized carbons (Fsp3) is 0.350. The number of methoxy groups -OCH3 is 1. The first-order chi connectivity index (χ1) is 12.9. The summed E-state index contributed by atoms with van der Waals surface area (Å²) in [6.45, 7) is 6.41. The van der Waals surface area contributed by atoms with E-state index < -0.39 is 0 Å². The molecule has 0 saturated carbocycles. The van der Waals surface area contributed by atoms with E-state index in [1.807, 2.05) is 24.3 Å². The number of rotatable bonds is 6. The predicted octanol–water partition coefficient (Wildman–Crippen LogP) is 2.41. The van der Waals surface area contributed by atoms with E-state index in [1.54, 1.807) is 17.7 Å². The van der Waals surface area contributed by atoms with Gasteiger partial charge in [-0.15, -0.1) is 0 Å². The third-order valence-electron chi connectivity index (χ3n) is 4.47. The summed E-state index contributed by atoms with van der Waals surface area (Å²) in [5.41, 5.74) is 2.47. The number of aryl methyl sites for hydroxylation is 1. The second-order valence-electron chi connectivity index (χ2n) is 6.73. The van der Waals surface area contributed by atoms with Crippen LogP contribution in [0.25, 0.3) is 11.0 Å². The van der Waals surface area contributed by atoms with Gasteiger partial charge in [0.05, 0.1) is 30.9 Å². The Balaban J connectivity index is 1.76. The zero-order chi connectivity index (χ0) is 19.6. The Morgan fingerprint density at radius 1 is 1.30 bits per heavy atom. The number of pyridine rings is 1. The summed E-state index contributed by atoms with van der Waals surface area (Å²) in [7, 11) is 1.44. The van der Waals surface area contributed by atoms with Crippen molar-refractivity contribution in [3.63, 3.8) is 0 Å². The maximum Gasteiger partial charge on any atom is 0.240 e. The van der Waals surface area contributed by atoms with Crippen molar-refractivity contribution in [2.45, 2.75) is 39.9 Å². The maximum absolute atomic E-state index is 12.4. The summed E-state index contributed by atoms with van der Waals surface area (Å²) >= 11 is 0. The minimum Gasteiger partial charge on any atom is -0.491 e. The predicted molar refractivity (Wildman–Crippen MR) is 104 cm³/mol. The number of ether oxygens (including phenoxy) is 1. The standard InChI is InChI=1S/C20H24N4O3/c1-13(2)24-16-8-6-5-7-15(16)22-19(24)10-21-20(26)12-23-11-18(27-4)17(25)9-14(23)3/h5-9,11,13H,10,12H2,1-4H3,(H,21,26). The van der Waals surface area contributed by atoms with Crippen LogP contribution in [0.2, 0.25) is 0 Å². The molecule has 3 rings (SSSR count). The fourth-order valence-corrected chi connectivity index (χ4v) is 3.16. The van der Waals surface area contributed by atoms with Crippen molar-refractivity contribution < 1.29 is 9.53 Å². The van der Waals surface area contributed by atoms with E-state index in [2.05, 4.69) is 28.7 Å². The molecule has 1 aromatic carbocycles. The van der Waals surface area contributed by atoms with Gasteiger partial charge in [0, 0.05) is 17.8 Å². The number of carbonyl (C=O) groups excluding carboxylic acids is 1. The topological polar surface area (TPSA) is 78.2 Å². The van der Waals surface area contributed by atoms with E-state index in [0.29, 0.717) is 12.2 Å². The molecule has 1 N–H and O–H groups in total. The highest BCUT2D eigenvalue weighted by Crippen LogP contribution is 2.20. The number of amides is 1. The minimum absolute atomic E-state index is 0.102. The Hall–Kier alpha value is -3.09. The average molecular weight is 368 g/mol. The van der Waals surface area contributed by atoms with Gasteiger partial charge in [-0.3, -0.25) is 9.59 Å². The molecule has 1 amide bonds. The Morgan fingerprint density at radius 2 is 2.04 bits per heavy atom. The van der Waals surface area contributed by atoms with E-state index in [-0.39, 0.29) is 29.7 Å². The van der Waals surface area contributed by atoms with Gasteiger partial charge in [0.1, 0.15) is 12.4 Å². The highest BCUT2D eigenvalue weighted by molar-refractivity contribution is 5.77. The number of hydrogen-bond acceptors (Lipinski definition) is 4. The van der Waals surface area contributed by atoms with Gasteiger partial charge < -0.3 is 19.2 Å². The molecule has 0 unspecified atom stereocenters. The van der Waals surface area contributed by atoms with Crippen LogP contribution in [0, 0.1) is 6.92 Å². The van der Waals surface area contributed by atoms with Crippen LogP contribution in [-0.4, -0.2) is 27.1 Å². The molecule has 3 aromatic rings. The Kier molecular flexibility index (Phi) is 5.30. The Labute approximate surface area is 157 Å². The number of carbonyl (C=O) groups is 1. The Morgan fingerprint density at radius 3 is 2.74 bits per heavy atom. The SMILES string of the molecule is COc1cn(CC(=O)NCc2nc3ccccc3n2C(C)C)c(C)cc1=O. The van der Waals surface area contributed by atoms with Crippen molar-refractivity contribution in [3.8, 4) is 5.75 Å². The second kappa shape index (κ2) is 7.65. The lowest BCUT2D eigenvalue weighted by molar-refractivity contribution is -0.121.